The van der Waals surface area contributed by atoms with Crippen LogP contribution in [0.3, 0.4) is 0 Å². The van der Waals surface area contributed by atoms with Gasteiger partial charge in [-0.3, -0.25) is 0 Å². The number of aryl methyl sites for hydroxylation is 1. The molecule has 2 aromatic heterocycles. The highest BCUT2D eigenvalue weighted by atomic mass is 16.4. The second kappa shape index (κ2) is 4.52. The highest BCUT2D eigenvalue weighted by molar-refractivity contribution is 6.00. The average molecular weight is 246 g/mol. The van der Waals surface area contributed by atoms with Crippen LogP contribution in [0, 0.1) is 6.92 Å². The smallest absolute Gasteiger partial charge is 0.340 e. The van der Waals surface area contributed by atoms with Crippen molar-refractivity contribution in [2.75, 3.05) is 19.0 Å². The number of carboxylic acid groups (broad SMARTS) is 1. The van der Waals surface area contributed by atoms with Crippen LogP contribution in [0.4, 0.5) is 5.82 Å². The van der Waals surface area contributed by atoms with Crippen molar-refractivity contribution in [3.63, 3.8) is 0 Å². The van der Waals surface area contributed by atoms with E-state index in [1.165, 1.54) is 0 Å². The van der Waals surface area contributed by atoms with Gasteiger partial charge in [-0.05, 0) is 25.1 Å². The van der Waals surface area contributed by atoms with Crippen LogP contribution in [0.2, 0.25) is 0 Å². The van der Waals surface area contributed by atoms with Gasteiger partial charge in [0.05, 0.1) is 0 Å². The Hall–Kier alpha value is -2.30. The third-order valence-electron chi connectivity index (χ3n) is 2.57. The van der Waals surface area contributed by atoms with Gasteiger partial charge in [-0.25, -0.2) is 9.78 Å². The fraction of sp³-hybridized carbons (Fsp3) is 0.231. The lowest BCUT2D eigenvalue weighted by molar-refractivity contribution is 0.0698. The lowest BCUT2D eigenvalue weighted by atomic mass is 10.1. The largest absolute Gasteiger partial charge is 0.478 e. The van der Waals surface area contributed by atoms with Crippen LogP contribution >= 0.6 is 0 Å². The maximum atomic E-state index is 11.4. The summed E-state index contributed by atoms with van der Waals surface area (Å²) in [6.07, 6.45) is 1.58. The van der Waals surface area contributed by atoms with Crippen molar-refractivity contribution in [1.82, 2.24) is 4.98 Å². The number of hydrogen-bond acceptors (Lipinski definition) is 4. The van der Waals surface area contributed by atoms with Gasteiger partial charge in [-0.15, -0.1) is 0 Å². The van der Waals surface area contributed by atoms with E-state index in [9.17, 15) is 9.90 Å². The summed E-state index contributed by atoms with van der Waals surface area (Å²) in [5.41, 5.74) is 0.686. The topological polar surface area (TPSA) is 66.6 Å². The molecule has 0 saturated heterocycles. The Morgan fingerprint density at radius 2 is 2.06 bits per heavy atom. The minimum absolute atomic E-state index is 0.150. The van der Waals surface area contributed by atoms with Crippen LogP contribution < -0.4 is 4.90 Å². The third kappa shape index (κ3) is 2.07. The molecule has 0 aromatic carbocycles. The molecule has 0 saturated carbocycles. The third-order valence-corrected chi connectivity index (χ3v) is 2.57. The zero-order valence-electron chi connectivity index (χ0n) is 10.5. The molecule has 0 bridgehead atoms. The van der Waals surface area contributed by atoms with Gasteiger partial charge >= 0.3 is 5.97 Å². The summed E-state index contributed by atoms with van der Waals surface area (Å²) >= 11 is 0. The SMILES string of the molecule is Cc1ccc(-c2ccnc(N(C)C)c2C(=O)O)o1. The second-order valence-corrected chi connectivity index (χ2v) is 4.17. The molecule has 5 heteroatoms. The molecular weight excluding hydrogens is 232 g/mol. The summed E-state index contributed by atoms with van der Waals surface area (Å²) in [6, 6.07) is 5.21. The van der Waals surface area contributed by atoms with Crippen LogP contribution in [0.15, 0.2) is 28.8 Å². The molecule has 2 heterocycles. The van der Waals surface area contributed by atoms with Crippen molar-refractivity contribution < 1.29 is 14.3 Å². The van der Waals surface area contributed by atoms with Gasteiger partial charge in [0.2, 0.25) is 0 Å². The van der Waals surface area contributed by atoms with Gasteiger partial charge in [-0.2, -0.15) is 0 Å². The first-order chi connectivity index (χ1) is 8.50. The van der Waals surface area contributed by atoms with Crippen LogP contribution in [0.1, 0.15) is 16.1 Å². The van der Waals surface area contributed by atoms with E-state index in [1.54, 1.807) is 43.4 Å². The van der Waals surface area contributed by atoms with Crippen molar-refractivity contribution in [2.45, 2.75) is 6.92 Å². The Morgan fingerprint density at radius 3 is 2.56 bits per heavy atom. The number of pyridine rings is 1. The lowest BCUT2D eigenvalue weighted by Gasteiger charge is -2.15. The van der Waals surface area contributed by atoms with Crippen molar-refractivity contribution in [3.8, 4) is 11.3 Å². The number of carboxylic acids is 1. The van der Waals surface area contributed by atoms with Gasteiger partial charge in [0.25, 0.3) is 0 Å². The molecule has 0 aliphatic rings. The molecule has 18 heavy (non-hydrogen) atoms. The minimum atomic E-state index is -1.02. The minimum Gasteiger partial charge on any atom is -0.478 e. The Kier molecular flexibility index (Phi) is 3.06. The maximum Gasteiger partial charge on any atom is 0.340 e. The van der Waals surface area contributed by atoms with E-state index in [0.29, 0.717) is 17.1 Å². The zero-order valence-corrected chi connectivity index (χ0v) is 10.5. The van der Waals surface area contributed by atoms with Gasteiger partial charge in [-0.1, -0.05) is 0 Å². The zero-order chi connectivity index (χ0) is 13.3. The standard InChI is InChI=1S/C13H14N2O3/c1-8-4-5-10(18-8)9-6-7-14-12(15(2)3)11(9)13(16)17/h4-7H,1-3H3,(H,16,17). The fourth-order valence-corrected chi connectivity index (χ4v) is 1.79. The molecule has 1 N–H and O–H groups in total. The van der Waals surface area contributed by atoms with Crippen LogP contribution in [-0.4, -0.2) is 30.2 Å². The monoisotopic (exact) mass is 246 g/mol. The van der Waals surface area contributed by atoms with Crippen LogP contribution in [0.25, 0.3) is 11.3 Å². The first-order valence-electron chi connectivity index (χ1n) is 5.47. The molecule has 2 aromatic rings. The van der Waals surface area contributed by atoms with Crippen molar-refractivity contribution in [1.29, 1.82) is 0 Å². The van der Waals surface area contributed by atoms with Crippen molar-refractivity contribution in [3.05, 3.63) is 35.7 Å². The number of aromatic nitrogens is 1. The Morgan fingerprint density at radius 1 is 1.33 bits per heavy atom. The van der Waals surface area contributed by atoms with Gasteiger partial charge < -0.3 is 14.4 Å². The van der Waals surface area contributed by atoms with Crippen molar-refractivity contribution in [2.24, 2.45) is 0 Å². The molecule has 94 valence electrons. The number of rotatable bonds is 3. The molecule has 0 fully saturated rings. The molecule has 0 aliphatic carbocycles. The summed E-state index contributed by atoms with van der Waals surface area (Å²) in [5, 5.41) is 9.36. The number of furan rings is 1. The highest BCUT2D eigenvalue weighted by Crippen LogP contribution is 2.30. The molecule has 2 rings (SSSR count). The predicted molar refractivity (Wildman–Crippen MR) is 68.0 cm³/mol. The number of hydrogen-bond donors (Lipinski definition) is 1. The summed E-state index contributed by atoms with van der Waals surface area (Å²) in [4.78, 5) is 17.2. The number of aromatic carboxylic acids is 1. The predicted octanol–water partition coefficient (Wildman–Crippen LogP) is 2.41. The Labute approximate surface area is 105 Å². The van der Waals surface area contributed by atoms with E-state index in [0.717, 1.165) is 5.76 Å². The lowest BCUT2D eigenvalue weighted by Crippen LogP contribution is -2.16. The van der Waals surface area contributed by atoms with E-state index in [4.69, 9.17) is 4.42 Å². The van der Waals surface area contributed by atoms with E-state index in [2.05, 4.69) is 4.98 Å². The van der Waals surface area contributed by atoms with E-state index >= 15 is 0 Å². The average Bonchev–Trinajstić information content (AvgIpc) is 2.74. The van der Waals surface area contributed by atoms with Gasteiger partial charge in [0.15, 0.2) is 0 Å². The summed E-state index contributed by atoms with van der Waals surface area (Å²) < 4.78 is 5.49. The van der Waals surface area contributed by atoms with E-state index < -0.39 is 5.97 Å². The number of nitrogens with zero attached hydrogens (tertiary/aromatic N) is 2. The van der Waals surface area contributed by atoms with E-state index in [1.807, 2.05) is 6.92 Å². The first-order valence-corrected chi connectivity index (χ1v) is 5.47. The molecule has 0 amide bonds. The van der Waals surface area contributed by atoms with E-state index in [-0.39, 0.29) is 5.56 Å². The summed E-state index contributed by atoms with van der Waals surface area (Å²) in [6.45, 7) is 1.82. The first kappa shape index (κ1) is 12.2. The fourth-order valence-electron chi connectivity index (χ4n) is 1.79. The number of anilines is 1. The summed E-state index contributed by atoms with van der Waals surface area (Å²) in [7, 11) is 3.51. The number of carbonyl (C=O) groups is 1. The van der Waals surface area contributed by atoms with Crippen molar-refractivity contribution >= 4 is 11.8 Å². The molecular formula is C13H14N2O3. The normalized spacial score (nSPS) is 10.4. The molecule has 5 nitrogen and oxygen atoms in total. The highest BCUT2D eigenvalue weighted by Gasteiger charge is 2.20. The molecule has 0 unspecified atom stereocenters. The molecule has 0 aliphatic heterocycles. The maximum absolute atomic E-state index is 11.4. The van der Waals surface area contributed by atoms with Crippen LogP contribution in [0.5, 0.6) is 0 Å². The summed E-state index contributed by atoms with van der Waals surface area (Å²) in [5.74, 6) is 0.671. The Bertz CT molecular complexity index is 588. The van der Waals surface area contributed by atoms with Gasteiger partial charge in [0, 0.05) is 25.9 Å². The Balaban J connectivity index is 2.67. The molecule has 0 spiro atoms. The molecule has 0 radical (unpaired) electrons. The van der Waals surface area contributed by atoms with Crippen LogP contribution in [-0.2, 0) is 0 Å². The molecule has 0 atom stereocenters. The van der Waals surface area contributed by atoms with Gasteiger partial charge in [0.1, 0.15) is 22.9 Å². The second-order valence-electron chi connectivity index (χ2n) is 4.17. The quantitative estimate of drug-likeness (QED) is 0.900.